The average molecular weight is 459 g/mol. The fourth-order valence-electron chi connectivity index (χ4n) is 3.03. The van der Waals surface area contributed by atoms with E-state index in [9.17, 15) is 18.0 Å². The lowest BCUT2D eigenvalue weighted by Crippen LogP contribution is -2.41. The van der Waals surface area contributed by atoms with Crippen LogP contribution in [0.2, 0.25) is 0 Å². The molecule has 2 aromatic heterocycles. The zero-order valence-corrected chi connectivity index (χ0v) is 17.6. The summed E-state index contributed by atoms with van der Waals surface area (Å²) in [5, 5.41) is 7.97. The second kappa shape index (κ2) is 8.54. The van der Waals surface area contributed by atoms with Gasteiger partial charge in [0.1, 0.15) is 0 Å². The van der Waals surface area contributed by atoms with E-state index in [-0.39, 0.29) is 23.5 Å². The first-order valence-corrected chi connectivity index (χ1v) is 9.86. The molecule has 4 rings (SSSR count). The number of para-hydroxylation sites is 1. The van der Waals surface area contributed by atoms with Gasteiger partial charge in [0.05, 0.1) is 16.9 Å². The zero-order chi connectivity index (χ0) is 23.6. The molecule has 3 N–H and O–H groups in total. The highest BCUT2D eigenvalue weighted by molar-refractivity contribution is 5.94. The number of benzene rings is 1. The Morgan fingerprint density at radius 1 is 1.18 bits per heavy atom. The van der Waals surface area contributed by atoms with Gasteiger partial charge in [-0.3, -0.25) is 14.8 Å². The number of hydrazine groups is 2. The molecule has 1 aromatic carbocycles. The second-order valence-electron chi connectivity index (χ2n) is 7.93. The topological polar surface area (TPSA) is 108 Å². The average Bonchev–Trinajstić information content (AvgIpc) is 3.49. The quantitative estimate of drug-likeness (QED) is 0.516. The fourth-order valence-corrected chi connectivity index (χ4v) is 3.03. The van der Waals surface area contributed by atoms with Crippen LogP contribution in [0.3, 0.4) is 0 Å². The van der Waals surface area contributed by atoms with Gasteiger partial charge in [0.15, 0.2) is 0 Å². The van der Waals surface area contributed by atoms with Crippen molar-refractivity contribution in [3.63, 3.8) is 0 Å². The Bertz CT molecular complexity index is 1180. The van der Waals surface area contributed by atoms with E-state index in [1.54, 1.807) is 0 Å². The molecule has 3 heterocycles. The lowest BCUT2D eigenvalue weighted by Gasteiger charge is -2.25. The third-order valence-electron chi connectivity index (χ3n) is 4.95. The van der Waals surface area contributed by atoms with Crippen molar-refractivity contribution in [2.75, 3.05) is 11.6 Å². The minimum Gasteiger partial charge on any atom is -0.351 e. The molecule has 33 heavy (non-hydrogen) atoms. The van der Waals surface area contributed by atoms with Gasteiger partial charge >= 0.3 is 12.1 Å². The summed E-state index contributed by atoms with van der Waals surface area (Å²) in [4.78, 5) is 19.9. The van der Waals surface area contributed by atoms with Crippen molar-refractivity contribution in [2.45, 2.75) is 20.0 Å². The third kappa shape index (κ3) is 4.95. The summed E-state index contributed by atoms with van der Waals surface area (Å²) in [6.45, 7) is 4.18. The number of amides is 1. The molecule has 9 nitrogen and oxygen atoms in total. The maximum Gasteiger partial charge on any atom is 0.471 e. The molecule has 1 aliphatic rings. The van der Waals surface area contributed by atoms with Crippen LogP contribution in [-0.2, 0) is 6.18 Å². The molecular formula is C21H20F3N7O2. The summed E-state index contributed by atoms with van der Waals surface area (Å²) >= 11 is 0. The zero-order valence-electron chi connectivity index (χ0n) is 17.6. The molecule has 0 radical (unpaired) electrons. The van der Waals surface area contributed by atoms with Crippen LogP contribution in [-0.4, -0.2) is 27.6 Å². The maximum absolute atomic E-state index is 12.7. The van der Waals surface area contributed by atoms with Crippen LogP contribution in [0.15, 0.2) is 65.2 Å². The number of anilines is 1. The molecule has 1 amide bonds. The summed E-state index contributed by atoms with van der Waals surface area (Å²) in [7, 11) is 0. The molecule has 0 spiro atoms. The van der Waals surface area contributed by atoms with Crippen molar-refractivity contribution in [3.05, 3.63) is 72.1 Å². The van der Waals surface area contributed by atoms with Gasteiger partial charge in [-0.1, -0.05) is 37.2 Å². The summed E-state index contributed by atoms with van der Waals surface area (Å²) in [6.07, 6.45) is -0.295. The van der Waals surface area contributed by atoms with Gasteiger partial charge in [-0.2, -0.15) is 18.2 Å². The summed E-state index contributed by atoms with van der Waals surface area (Å²) in [6, 6.07) is 11.0. The van der Waals surface area contributed by atoms with Gasteiger partial charge < -0.3 is 15.3 Å². The second-order valence-corrected chi connectivity index (χ2v) is 7.93. The third-order valence-corrected chi connectivity index (χ3v) is 4.95. The van der Waals surface area contributed by atoms with E-state index in [1.165, 1.54) is 18.5 Å². The minimum absolute atomic E-state index is 0.129. The first-order chi connectivity index (χ1) is 15.6. The van der Waals surface area contributed by atoms with Crippen LogP contribution in [0.1, 0.15) is 30.1 Å². The van der Waals surface area contributed by atoms with Gasteiger partial charge in [-0.05, 0) is 18.2 Å². The number of halogens is 3. The van der Waals surface area contributed by atoms with E-state index in [0.717, 1.165) is 11.4 Å². The molecule has 0 unspecified atom stereocenters. The minimum atomic E-state index is -4.76. The summed E-state index contributed by atoms with van der Waals surface area (Å²) < 4.78 is 42.3. The molecule has 0 bridgehead atoms. The molecule has 0 aliphatic carbocycles. The van der Waals surface area contributed by atoms with E-state index in [4.69, 9.17) is 0 Å². The van der Waals surface area contributed by atoms with Crippen molar-refractivity contribution in [1.29, 1.82) is 0 Å². The molecule has 12 heteroatoms. The Kier molecular flexibility index (Phi) is 5.77. The number of pyridine rings is 1. The normalized spacial score (nSPS) is 14.1. The lowest BCUT2D eigenvalue weighted by molar-refractivity contribution is -0.159. The monoisotopic (exact) mass is 459 g/mol. The van der Waals surface area contributed by atoms with Crippen LogP contribution in [0.4, 0.5) is 18.9 Å². The molecule has 0 atom stereocenters. The number of hydrogen-bond donors (Lipinski definition) is 3. The number of rotatable bonds is 6. The van der Waals surface area contributed by atoms with Crippen LogP contribution < -0.4 is 21.3 Å². The Morgan fingerprint density at radius 3 is 2.64 bits per heavy atom. The van der Waals surface area contributed by atoms with Crippen LogP contribution >= 0.6 is 0 Å². The molecule has 0 saturated heterocycles. The first kappa shape index (κ1) is 22.3. The van der Waals surface area contributed by atoms with E-state index >= 15 is 0 Å². The van der Waals surface area contributed by atoms with Crippen molar-refractivity contribution < 1.29 is 22.5 Å². The molecular weight excluding hydrogens is 439 g/mol. The van der Waals surface area contributed by atoms with Gasteiger partial charge in [0, 0.05) is 36.1 Å². The van der Waals surface area contributed by atoms with Crippen LogP contribution in [0.25, 0.3) is 11.4 Å². The van der Waals surface area contributed by atoms with Crippen LogP contribution in [0, 0.1) is 5.41 Å². The number of nitrogens with one attached hydrogen (secondary N) is 3. The highest BCUT2D eigenvalue weighted by Gasteiger charge is 2.38. The number of carbonyl (C=O) groups excluding carboxylic acids is 1. The van der Waals surface area contributed by atoms with Gasteiger partial charge in [-0.25, -0.2) is 0 Å². The van der Waals surface area contributed by atoms with E-state index in [0.29, 0.717) is 0 Å². The number of aromatic nitrogens is 3. The highest BCUT2D eigenvalue weighted by Crippen LogP contribution is 2.30. The molecule has 1 aliphatic heterocycles. The van der Waals surface area contributed by atoms with Gasteiger partial charge in [-0.15, -0.1) is 5.53 Å². The Morgan fingerprint density at radius 2 is 1.94 bits per heavy atom. The predicted octanol–water partition coefficient (Wildman–Crippen LogP) is 3.28. The first-order valence-electron chi connectivity index (χ1n) is 9.86. The van der Waals surface area contributed by atoms with E-state index in [1.807, 2.05) is 55.4 Å². The SMILES string of the molecule is CC(C)(CNC(=O)c1cncc(-c2noc(C(F)(F)F)n2)c1)C1=CN(c2ccccc2)NN1. The van der Waals surface area contributed by atoms with E-state index in [2.05, 4.69) is 35.9 Å². The van der Waals surface area contributed by atoms with Crippen LogP contribution in [0.5, 0.6) is 0 Å². The molecule has 0 saturated carbocycles. The predicted molar refractivity (Wildman–Crippen MR) is 112 cm³/mol. The standard InChI is InChI=1S/C21H20F3N7O2/c1-20(2,16-11-31(30-28-16)15-6-4-3-5-7-15)12-26-18(32)14-8-13(9-25-10-14)17-27-19(33-29-17)21(22,23)24/h3-11,28,30H,12H2,1-2H3,(H,26,32). The summed E-state index contributed by atoms with van der Waals surface area (Å²) in [5.74, 6) is -2.22. The smallest absolute Gasteiger partial charge is 0.351 e. The number of alkyl halides is 3. The van der Waals surface area contributed by atoms with E-state index < -0.39 is 23.4 Å². The molecule has 3 aromatic rings. The number of nitrogens with zero attached hydrogens (tertiary/aromatic N) is 4. The number of hydrogen-bond acceptors (Lipinski definition) is 8. The Labute approximate surface area is 186 Å². The van der Waals surface area contributed by atoms with Crippen molar-refractivity contribution in [1.82, 2.24) is 31.4 Å². The fraction of sp³-hybridized carbons (Fsp3) is 0.238. The Balaban J connectivity index is 1.42. The molecule has 0 fully saturated rings. The van der Waals surface area contributed by atoms with Gasteiger partial charge in [0.2, 0.25) is 5.82 Å². The van der Waals surface area contributed by atoms with Crippen molar-refractivity contribution in [3.8, 4) is 11.4 Å². The summed E-state index contributed by atoms with van der Waals surface area (Å²) in [5.41, 5.74) is 7.77. The number of carbonyl (C=O) groups is 1. The van der Waals surface area contributed by atoms with Crippen molar-refractivity contribution in [2.24, 2.45) is 5.41 Å². The molecule has 172 valence electrons. The Hall–Kier alpha value is -3.93. The lowest BCUT2D eigenvalue weighted by atomic mass is 9.89. The maximum atomic E-state index is 12.7. The largest absolute Gasteiger partial charge is 0.471 e. The highest BCUT2D eigenvalue weighted by atomic mass is 19.4. The van der Waals surface area contributed by atoms with Crippen molar-refractivity contribution >= 4 is 11.6 Å². The van der Waals surface area contributed by atoms with Gasteiger partial charge in [0.25, 0.3) is 5.91 Å².